The first kappa shape index (κ1) is 16.5. The molecule has 22 heavy (non-hydrogen) atoms. The van der Waals surface area contributed by atoms with E-state index in [1.807, 2.05) is 13.8 Å². The lowest BCUT2D eigenvalue weighted by Gasteiger charge is -2.26. The highest BCUT2D eigenvalue weighted by Crippen LogP contribution is 2.47. The smallest absolute Gasteiger partial charge is 0.311 e. The van der Waals surface area contributed by atoms with Crippen LogP contribution in [0.2, 0.25) is 0 Å². The molecule has 0 bridgehead atoms. The van der Waals surface area contributed by atoms with E-state index in [9.17, 15) is 19.1 Å². The van der Waals surface area contributed by atoms with Crippen LogP contribution in [-0.2, 0) is 9.59 Å². The van der Waals surface area contributed by atoms with E-state index in [2.05, 4.69) is 5.32 Å². The fourth-order valence-electron chi connectivity index (χ4n) is 2.83. The van der Waals surface area contributed by atoms with Crippen molar-refractivity contribution in [3.05, 3.63) is 35.6 Å². The Bertz CT molecular complexity index is 552. The zero-order valence-corrected chi connectivity index (χ0v) is 12.9. The van der Waals surface area contributed by atoms with Crippen molar-refractivity contribution < 1.29 is 19.1 Å². The van der Waals surface area contributed by atoms with E-state index in [1.54, 1.807) is 12.1 Å². The molecule has 1 amide bonds. The molecular weight excluding hydrogens is 285 g/mol. The summed E-state index contributed by atoms with van der Waals surface area (Å²) >= 11 is 0. The molecule has 0 aliphatic heterocycles. The number of rotatable bonds is 7. The third-order valence-corrected chi connectivity index (χ3v) is 4.83. The lowest BCUT2D eigenvalue weighted by Crippen LogP contribution is -2.43. The van der Waals surface area contributed by atoms with Gasteiger partial charge in [-0.2, -0.15) is 0 Å². The van der Waals surface area contributed by atoms with Crippen LogP contribution in [0.3, 0.4) is 0 Å². The lowest BCUT2D eigenvalue weighted by atomic mass is 9.82. The molecule has 1 aliphatic carbocycles. The first-order chi connectivity index (χ1) is 10.4. The quantitative estimate of drug-likeness (QED) is 0.814. The molecule has 5 heteroatoms. The van der Waals surface area contributed by atoms with Gasteiger partial charge in [-0.1, -0.05) is 26.0 Å². The molecule has 0 saturated heterocycles. The third kappa shape index (κ3) is 3.29. The summed E-state index contributed by atoms with van der Waals surface area (Å²) in [5.74, 6) is -1.29. The molecule has 2 N–H and O–H groups in total. The van der Waals surface area contributed by atoms with Crippen LogP contribution in [0.25, 0.3) is 0 Å². The van der Waals surface area contributed by atoms with Crippen LogP contribution < -0.4 is 5.32 Å². The molecule has 0 aromatic heterocycles. The second kappa shape index (κ2) is 6.46. The number of benzene rings is 1. The average Bonchev–Trinajstić information content (AvgIpc) is 3.29. The summed E-state index contributed by atoms with van der Waals surface area (Å²) in [4.78, 5) is 23.6. The Balaban J connectivity index is 1.92. The summed E-state index contributed by atoms with van der Waals surface area (Å²) < 4.78 is 12.9. The zero-order chi connectivity index (χ0) is 16.3. The second-order valence-electron chi connectivity index (χ2n) is 6.01. The molecule has 4 nitrogen and oxygen atoms in total. The van der Waals surface area contributed by atoms with E-state index in [1.165, 1.54) is 12.1 Å². The monoisotopic (exact) mass is 307 g/mol. The normalized spacial score (nSPS) is 20.5. The topological polar surface area (TPSA) is 66.4 Å². The van der Waals surface area contributed by atoms with Gasteiger partial charge in [0.25, 0.3) is 0 Å². The van der Waals surface area contributed by atoms with Crippen LogP contribution in [0.4, 0.5) is 4.39 Å². The van der Waals surface area contributed by atoms with Crippen LogP contribution in [-0.4, -0.2) is 23.5 Å². The van der Waals surface area contributed by atoms with E-state index >= 15 is 0 Å². The summed E-state index contributed by atoms with van der Waals surface area (Å²) in [5.41, 5.74) is 0.0626. The van der Waals surface area contributed by atoms with Crippen molar-refractivity contribution in [1.29, 1.82) is 0 Å². The number of hydrogen-bond acceptors (Lipinski definition) is 2. The van der Waals surface area contributed by atoms with Crippen molar-refractivity contribution in [3.8, 4) is 0 Å². The van der Waals surface area contributed by atoms with Crippen LogP contribution in [0.15, 0.2) is 24.3 Å². The van der Waals surface area contributed by atoms with Gasteiger partial charge in [0.1, 0.15) is 5.82 Å². The van der Waals surface area contributed by atoms with Crippen molar-refractivity contribution in [1.82, 2.24) is 5.32 Å². The Morgan fingerprint density at radius 1 is 1.27 bits per heavy atom. The summed E-state index contributed by atoms with van der Waals surface area (Å²) in [5, 5.41) is 12.1. The van der Waals surface area contributed by atoms with Crippen molar-refractivity contribution in [2.75, 3.05) is 6.54 Å². The molecule has 0 radical (unpaired) electrons. The number of hydrogen-bond donors (Lipinski definition) is 2. The van der Waals surface area contributed by atoms with Crippen molar-refractivity contribution >= 4 is 11.9 Å². The number of amides is 1. The van der Waals surface area contributed by atoms with E-state index in [0.717, 1.165) is 12.0 Å². The molecule has 2 rings (SSSR count). The maximum absolute atomic E-state index is 12.9. The van der Waals surface area contributed by atoms with Gasteiger partial charge in [0, 0.05) is 12.5 Å². The minimum absolute atomic E-state index is 0.109. The predicted octanol–water partition coefficient (Wildman–Crippen LogP) is 2.94. The Kier molecular flexibility index (Phi) is 4.84. The summed E-state index contributed by atoms with van der Waals surface area (Å²) in [6.07, 6.45) is 1.69. The number of carbonyl (C=O) groups is 2. The molecule has 120 valence electrons. The van der Waals surface area contributed by atoms with Crippen molar-refractivity contribution in [3.63, 3.8) is 0 Å². The van der Waals surface area contributed by atoms with Crippen LogP contribution in [0.1, 0.15) is 44.6 Å². The molecule has 1 fully saturated rings. The minimum Gasteiger partial charge on any atom is -0.481 e. The Labute approximate surface area is 129 Å². The van der Waals surface area contributed by atoms with Gasteiger partial charge in [0.2, 0.25) is 5.91 Å². The number of carboxylic acid groups (broad SMARTS) is 1. The average molecular weight is 307 g/mol. The largest absolute Gasteiger partial charge is 0.481 e. The number of nitrogens with one attached hydrogen (secondary N) is 1. The molecule has 1 saturated carbocycles. The van der Waals surface area contributed by atoms with Gasteiger partial charge >= 0.3 is 5.97 Å². The highest BCUT2D eigenvalue weighted by molar-refractivity contribution is 5.84. The van der Waals surface area contributed by atoms with Crippen LogP contribution in [0.5, 0.6) is 0 Å². The molecule has 1 aliphatic rings. The number of aliphatic carboxylic acids is 1. The number of carboxylic acids is 1. The van der Waals surface area contributed by atoms with E-state index < -0.39 is 11.4 Å². The zero-order valence-electron chi connectivity index (χ0n) is 12.9. The predicted molar refractivity (Wildman–Crippen MR) is 80.9 cm³/mol. The first-order valence-corrected chi connectivity index (χ1v) is 7.70. The summed E-state index contributed by atoms with van der Waals surface area (Å²) in [6.45, 7) is 3.80. The van der Waals surface area contributed by atoms with Crippen LogP contribution >= 0.6 is 0 Å². The van der Waals surface area contributed by atoms with E-state index in [4.69, 9.17) is 0 Å². The highest BCUT2D eigenvalue weighted by Gasteiger charge is 2.45. The molecule has 2 atom stereocenters. The van der Waals surface area contributed by atoms with E-state index in [0.29, 0.717) is 12.8 Å². The summed E-state index contributed by atoms with van der Waals surface area (Å²) in [6, 6.07) is 6.19. The van der Waals surface area contributed by atoms with Gasteiger partial charge in [-0.25, -0.2) is 4.39 Å². The Morgan fingerprint density at radius 3 is 2.36 bits per heavy atom. The van der Waals surface area contributed by atoms with Gasteiger partial charge in [0.15, 0.2) is 0 Å². The maximum Gasteiger partial charge on any atom is 0.311 e. The van der Waals surface area contributed by atoms with Crippen molar-refractivity contribution in [2.45, 2.75) is 39.0 Å². The van der Waals surface area contributed by atoms with Crippen molar-refractivity contribution in [2.24, 2.45) is 11.3 Å². The highest BCUT2D eigenvalue weighted by atomic mass is 19.1. The lowest BCUT2D eigenvalue weighted by molar-refractivity contribution is -0.149. The van der Waals surface area contributed by atoms with Gasteiger partial charge < -0.3 is 10.4 Å². The number of halogens is 1. The van der Waals surface area contributed by atoms with Gasteiger partial charge in [-0.3, -0.25) is 9.59 Å². The molecule has 0 spiro atoms. The third-order valence-electron chi connectivity index (χ3n) is 4.83. The van der Waals surface area contributed by atoms with Gasteiger partial charge in [0.05, 0.1) is 5.41 Å². The Hall–Kier alpha value is -1.91. The molecular formula is C17H22FNO3. The molecule has 1 aromatic rings. The molecule has 0 heterocycles. The molecule has 2 unspecified atom stereocenters. The van der Waals surface area contributed by atoms with Crippen LogP contribution in [0, 0.1) is 17.2 Å². The molecule has 1 aromatic carbocycles. The first-order valence-electron chi connectivity index (χ1n) is 7.70. The van der Waals surface area contributed by atoms with E-state index in [-0.39, 0.29) is 30.1 Å². The fourth-order valence-corrected chi connectivity index (χ4v) is 2.83. The van der Waals surface area contributed by atoms with Gasteiger partial charge in [-0.05, 0) is 42.9 Å². The fraction of sp³-hybridized carbons (Fsp3) is 0.529. The number of carbonyl (C=O) groups excluding carboxylic acids is 1. The Morgan fingerprint density at radius 2 is 1.86 bits per heavy atom. The standard InChI is InChI=1S/C17H22FNO3/c1-3-17(4-2,16(21)22)10-19-15(20)14-9-13(14)11-5-7-12(18)8-6-11/h5-8,13-14H,3-4,9-10H2,1-2H3,(H,19,20)(H,21,22). The summed E-state index contributed by atoms with van der Waals surface area (Å²) in [7, 11) is 0. The minimum atomic E-state index is -0.893. The SMILES string of the molecule is CCC(CC)(CNC(=O)C1CC1c1ccc(F)cc1)C(=O)O. The van der Waals surface area contributed by atoms with Gasteiger partial charge in [-0.15, -0.1) is 0 Å². The second-order valence-corrected chi connectivity index (χ2v) is 6.01. The maximum atomic E-state index is 12.9.